The Morgan fingerprint density at radius 1 is 1.12 bits per heavy atom. The second-order valence-corrected chi connectivity index (χ2v) is 7.82. The Balaban J connectivity index is 0.000000555. The summed E-state index contributed by atoms with van der Waals surface area (Å²) < 4.78 is 11.5. The average Bonchev–Trinajstić information content (AvgIpc) is 3.48. The summed E-state index contributed by atoms with van der Waals surface area (Å²) in [6.07, 6.45) is 13.2. The number of allylic oxidation sites excluding steroid dienone is 3. The molecule has 0 aliphatic heterocycles. The monoisotopic (exact) mass is 461 g/mol. The van der Waals surface area contributed by atoms with Crippen LogP contribution in [0.5, 0.6) is 0 Å². The standard InChI is InChI=1S/C22H19N3O2S.C4H8O/c1-3-4-11-25-13-18(17-6-5-16(12-20(17)25)22(26)27-2)21-24-19(14-28-21)15-7-9-23-10-8-15;1-3-4-5-2/h3-10,12-14H,11H2,1-2H3;3-4H,1-2H3/b4-3-;4-3+. The number of methoxy groups -OCH3 is 2. The van der Waals surface area contributed by atoms with Crippen molar-refractivity contribution in [2.45, 2.75) is 20.4 Å². The Kier molecular flexibility index (Phi) is 8.55. The number of fused-ring (bicyclic) bond motifs is 1. The van der Waals surface area contributed by atoms with Crippen LogP contribution in [0.4, 0.5) is 0 Å². The molecule has 0 aliphatic rings. The van der Waals surface area contributed by atoms with E-state index >= 15 is 0 Å². The third-order valence-corrected chi connectivity index (χ3v) is 5.70. The van der Waals surface area contributed by atoms with Crippen molar-refractivity contribution in [2.24, 2.45) is 0 Å². The third kappa shape index (κ3) is 5.75. The molecule has 0 amide bonds. The van der Waals surface area contributed by atoms with Gasteiger partial charge in [0.1, 0.15) is 5.01 Å². The molecule has 0 radical (unpaired) electrons. The first kappa shape index (κ1) is 23.9. The molecular weight excluding hydrogens is 434 g/mol. The second kappa shape index (κ2) is 11.8. The van der Waals surface area contributed by atoms with E-state index < -0.39 is 0 Å². The minimum absolute atomic E-state index is 0.337. The van der Waals surface area contributed by atoms with Crippen LogP contribution >= 0.6 is 11.3 Å². The molecule has 0 N–H and O–H groups in total. The maximum absolute atomic E-state index is 12.0. The van der Waals surface area contributed by atoms with Gasteiger partial charge in [-0.3, -0.25) is 4.98 Å². The summed E-state index contributed by atoms with van der Waals surface area (Å²) >= 11 is 1.61. The van der Waals surface area contributed by atoms with E-state index in [-0.39, 0.29) is 5.97 Å². The maximum atomic E-state index is 12.0. The lowest BCUT2D eigenvalue weighted by atomic mass is 10.1. The fourth-order valence-electron chi connectivity index (χ4n) is 3.27. The Labute approximate surface area is 197 Å². The zero-order chi connectivity index (χ0) is 23.6. The molecule has 4 rings (SSSR count). The molecule has 0 saturated carbocycles. The van der Waals surface area contributed by atoms with Gasteiger partial charge < -0.3 is 14.0 Å². The molecule has 4 aromatic rings. The van der Waals surface area contributed by atoms with Crippen molar-refractivity contribution < 1.29 is 14.3 Å². The number of ether oxygens (including phenoxy) is 2. The van der Waals surface area contributed by atoms with Crippen LogP contribution in [0, 0.1) is 0 Å². The molecule has 3 heterocycles. The number of esters is 1. The summed E-state index contributed by atoms with van der Waals surface area (Å²) in [4.78, 5) is 20.9. The van der Waals surface area contributed by atoms with E-state index in [4.69, 9.17) is 9.72 Å². The molecule has 0 unspecified atom stereocenters. The summed E-state index contributed by atoms with van der Waals surface area (Å²) in [7, 11) is 3.02. The Morgan fingerprint density at radius 2 is 1.91 bits per heavy atom. The highest BCUT2D eigenvalue weighted by molar-refractivity contribution is 7.13. The lowest BCUT2D eigenvalue weighted by Gasteiger charge is -2.03. The van der Waals surface area contributed by atoms with Crippen molar-refractivity contribution in [3.05, 3.63) is 84.4 Å². The van der Waals surface area contributed by atoms with Gasteiger partial charge in [0.05, 0.1) is 31.7 Å². The van der Waals surface area contributed by atoms with Gasteiger partial charge in [-0.15, -0.1) is 11.3 Å². The van der Waals surface area contributed by atoms with E-state index in [1.165, 1.54) is 7.11 Å². The van der Waals surface area contributed by atoms with Crippen molar-refractivity contribution in [1.82, 2.24) is 14.5 Å². The molecule has 0 fully saturated rings. The summed E-state index contributed by atoms with van der Waals surface area (Å²) in [6, 6.07) is 9.56. The number of rotatable bonds is 6. The fraction of sp³-hybridized carbons (Fsp3) is 0.192. The maximum Gasteiger partial charge on any atom is 0.337 e. The van der Waals surface area contributed by atoms with Gasteiger partial charge in [0.25, 0.3) is 0 Å². The van der Waals surface area contributed by atoms with E-state index in [9.17, 15) is 4.79 Å². The first-order valence-corrected chi connectivity index (χ1v) is 11.3. The molecule has 6 nitrogen and oxygen atoms in total. The van der Waals surface area contributed by atoms with Crippen LogP contribution in [-0.2, 0) is 16.0 Å². The largest absolute Gasteiger partial charge is 0.505 e. The molecule has 0 atom stereocenters. The van der Waals surface area contributed by atoms with Gasteiger partial charge in [-0.1, -0.05) is 24.3 Å². The molecule has 0 bridgehead atoms. The lowest BCUT2D eigenvalue weighted by molar-refractivity contribution is 0.0601. The van der Waals surface area contributed by atoms with Crippen LogP contribution in [0.25, 0.3) is 32.7 Å². The number of hydrogen-bond acceptors (Lipinski definition) is 6. The van der Waals surface area contributed by atoms with Gasteiger partial charge in [0.15, 0.2) is 0 Å². The highest BCUT2D eigenvalue weighted by atomic mass is 32.1. The van der Waals surface area contributed by atoms with Crippen LogP contribution in [0.3, 0.4) is 0 Å². The minimum Gasteiger partial charge on any atom is -0.505 e. The quantitative estimate of drug-likeness (QED) is 0.190. The zero-order valence-corrected chi connectivity index (χ0v) is 20.0. The average molecular weight is 462 g/mol. The topological polar surface area (TPSA) is 66.2 Å². The minimum atomic E-state index is -0.337. The molecule has 0 saturated heterocycles. The zero-order valence-electron chi connectivity index (χ0n) is 19.2. The van der Waals surface area contributed by atoms with Crippen molar-refractivity contribution in [3.63, 3.8) is 0 Å². The number of carbonyl (C=O) groups is 1. The summed E-state index contributed by atoms with van der Waals surface area (Å²) in [5.74, 6) is -0.337. The number of carbonyl (C=O) groups excluding carboxylic acids is 1. The van der Waals surface area contributed by atoms with Crippen molar-refractivity contribution >= 4 is 28.2 Å². The molecule has 3 aromatic heterocycles. The lowest BCUT2D eigenvalue weighted by Crippen LogP contribution is -2.01. The Hall–Kier alpha value is -3.71. The normalized spacial score (nSPS) is 11.0. The predicted molar refractivity (Wildman–Crippen MR) is 134 cm³/mol. The molecule has 0 aliphatic carbocycles. The second-order valence-electron chi connectivity index (χ2n) is 6.97. The molecule has 33 heavy (non-hydrogen) atoms. The van der Waals surface area contributed by atoms with Crippen molar-refractivity contribution in [3.8, 4) is 21.8 Å². The molecular formula is C26H27N3O3S. The highest BCUT2D eigenvalue weighted by Gasteiger charge is 2.16. The first-order valence-electron chi connectivity index (χ1n) is 10.5. The van der Waals surface area contributed by atoms with Gasteiger partial charge in [0.2, 0.25) is 0 Å². The molecule has 0 spiro atoms. The van der Waals surface area contributed by atoms with E-state index in [0.717, 1.165) is 39.3 Å². The summed E-state index contributed by atoms with van der Waals surface area (Å²) in [5.41, 5.74) is 4.56. The van der Waals surface area contributed by atoms with Crippen LogP contribution in [0.2, 0.25) is 0 Å². The van der Waals surface area contributed by atoms with Gasteiger partial charge in [0, 0.05) is 52.5 Å². The van der Waals surface area contributed by atoms with Gasteiger partial charge in [-0.25, -0.2) is 9.78 Å². The summed E-state index contributed by atoms with van der Waals surface area (Å²) in [5, 5.41) is 4.07. The number of pyridine rings is 1. The predicted octanol–water partition coefficient (Wildman–Crippen LogP) is 6.36. The Morgan fingerprint density at radius 3 is 2.55 bits per heavy atom. The van der Waals surface area contributed by atoms with Gasteiger partial charge in [-0.05, 0) is 38.1 Å². The highest BCUT2D eigenvalue weighted by Crippen LogP contribution is 2.35. The summed E-state index contributed by atoms with van der Waals surface area (Å²) in [6.45, 7) is 4.62. The van der Waals surface area contributed by atoms with Crippen LogP contribution in [0.15, 0.2) is 78.8 Å². The Bertz CT molecular complexity index is 1260. The van der Waals surface area contributed by atoms with Crippen molar-refractivity contribution in [2.75, 3.05) is 14.2 Å². The van der Waals surface area contributed by atoms with Gasteiger partial charge >= 0.3 is 5.97 Å². The van der Waals surface area contributed by atoms with E-state index in [2.05, 4.69) is 31.9 Å². The van der Waals surface area contributed by atoms with Crippen molar-refractivity contribution in [1.29, 1.82) is 0 Å². The third-order valence-electron chi connectivity index (χ3n) is 4.82. The fourth-order valence-corrected chi connectivity index (χ4v) is 4.12. The number of benzene rings is 1. The van der Waals surface area contributed by atoms with E-state index in [1.54, 1.807) is 43.2 Å². The molecule has 170 valence electrons. The SMILES string of the molecule is C/C=C/OC.C/C=C\Cn1cc(-c2nc(-c3ccncc3)cs2)c2ccc(C(=O)OC)cc21. The number of hydrogen-bond donors (Lipinski definition) is 0. The van der Waals surface area contributed by atoms with Crippen LogP contribution < -0.4 is 0 Å². The first-order chi connectivity index (χ1) is 16.1. The van der Waals surface area contributed by atoms with E-state index in [0.29, 0.717) is 5.56 Å². The van der Waals surface area contributed by atoms with E-state index in [1.807, 2.05) is 50.3 Å². The smallest absolute Gasteiger partial charge is 0.337 e. The number of thiazole rings is 1. The van der Waals surface area contributed by atoms with Crippen LogP contribution in [-0.4, -0.2) is 34.7 Å². The van der Waals surface area contributed by atoms with Gasteiger partial charge in [-0.2, -0.15) is 0 Å². The molecule has 1 aromatic carbocycles. The number of aromatic nitrogens is 3. The number of nitrogens with zero attached hydrogens (tertiary/aromatic N) is 3. The van der Waals surface area contributed by atoms with Crippen LogP contribution in [0.1, 0.15) is 24.2 Å². The molecule has 7 heteroatoms.